The zero-order chi connectivity index (χ0) is 19.0. The van der Waals surface area contributed by atoms with Crippen LogP contribution in [-0.4, -0.2) is 29.2 Å². The van der Waals surface area contributed by atoms with Crippen LogP contribution in [0, 0.1) is 5.82 Å². The molecule has 0 aliphatic carbocycles. The first-order valence-corrected chi connectivity index (χ1v) is 8.48. The van der Waals surface area contributed by atoms with Gasteiger partial charge in [0.2, 0.25) is 5.91 Å². The van der Waals surface area contributed by atoms with E-state index in [0.717, 1.165) is 10.3 Å². The highest BCUT2D eigenvalue weighted by Gasteiger charge is 2.32. The Morgan fingerprint density at radius 1 is 0.926 bits per heavy atom. The van der Waals surface area contributed by atoms with Crippen LogP contribution >= 0.6 is 0 Å². The molecule has 0 aromatic heterocycles. The molecule has 3 aromatic rings. The maximum Gasteiger partial charge on any atom is 0.261 e. The molecular weight excluding hydrogens is 347 g/mol. The Morgan fingerprint density at radius 3 is 2.19 bits per heavy atom. The van der Waals surface area contributed by atoms with E-state index in [9.17, 15) is 18.8 Å². The van der Waals surface area contributed by atoms with E-state index >= 15 is 0 Å². The van der Waals surface area contributed by atoms with Gasteiger partial charge in [0, 0.05) is 35.2 Å². The second kappa shape index (κ2) is 6.64. The van der Waals surface area contributed by atoms with Gasteiger partial charge in [-0.2, -0.15) is 0 Å². The number of imide groups is 1. The Morgan fingerprint density at radius 2 is 1.56 bits per heavy atom. The van der Waals surface area contributed by atoms with Crippen molar-refractivity contribution in [3.05, 3.63) is 77.6 Å². The van der Waals surface area contributed by atoms with Crippen LogP contribution in [0.2, 0.25) is 0 Å². The lowest BCUT2D eigenvalue weighted by Crippen LogP contribution is -2.41. The fourth-order valence-electron chi connectivity index (χ4n) is 3.29. The van der Waals surface area contributed by atoms with E-state index < -0.39 is 23.5 Å². The molecule has 0 bridgehead atoms. The summed E-state index contributed by atoms with van der Waals surface area (Å²) in [6.07, 6.45) is -0.0772. The summed E-state index contributed by atoms with van der Waals surface area (Å²) in [5, 5.41) is 4.04. The quantitative estimate of drug-likeness (QED) is 0.721. The Kier molecular flexibility index (Phi) is 4.16. The number of amides is 3. The molecule has 27 heavy (non-hydrogen) atoms. The molecular formula is C21H15FN2O3. The average Bonchev–Trinajstić information content (AvgIpc) is 2.66. The topological polar surface area (TPSA) is 66.5 Å². The molecule has 3 aromatic carbocycles. The first-order chi connectivity index (χ1) is 13.0. The smallest absolute Gasteiger partial charge is 0.261 e. The zero-order valence-electron chi connectivity index (χ0n) is 14.2. The van der Waals surface area contributed by atoms with E-state index in [0.29, 0.717) is 22.2 Å². The first kappa shape index (κ1) is 16.9. The highest BCUT2D eigenvalue weighted by atomic mass is 19.1. The number of hydrogen-bond donors (Lipinski definition) is 1. The van der Waals surface area contributed by atoms with E-state index in [1.54, 1.807) is 30.3 Å². The molecule has 0 radical (unpaired) electrons. The number of carbonyl (C=O) groups excluding carboxylic acids is 3. The van der Waals surface area contributed by atoms with Crippen LogP contribution in [0.3, 0.4) is 0 Å². The molecule has 1 heterocycles. The Balaban J connectivity index is 1.53. The lowest BCUT2D eigenvalue weighted by atomic mass is 9.94. The number of halogens is 1. The molecule has 3 amide bonds. The van der Waals surface area contributed by atoms with Gasteiger partial charge in [-0.3, -0.25) is 19.3 Å². The lowest BCUT2D eigenvalue weighted by molar-refractivity contribution is -0.116. The number of hydrogen-bond acceptors (Lipinski definition) is 3. The number of anilines is 1. The van der Waals surface area contributed by atoms with Crippen LogP contribution in [-0.2, 0) is 4.79 Å². The maximum absolute atomic E-state index is 13.2. The molecule has 0 fully saturated rings. The maximum atomic E-state index is 13.2. The third-order valence-electron chi connectivity index (χ3n) is 4.53. The number of nitrogens with one attached hydrogen (secondary N) is 1. The van der Waals surface area contributed by atoms with Crippen LogP contribution in [0.25, 0.3) is 10.8 Å². The van der Waals surface area contributed by atoms with Crippen molar-refractivity contribution in [3.8, 4) is 0 Å². The largest absolute Gasteiger partial charge is 0.326 e. The number of nitrogens with zero attached hydrogens (tertiary/aromatic N) is 1. The standard InChI is InChI=1S/C21H15FN2O3/c22-14-6-3-7-15(12-14)23-18(25)10-11-24-20(26)16-8-1-4-13-5-2-9-17(19(13)16)21(24)27/h1-9,12H,10-11H2,(H,23,25). The number of carbonyl (C=O) groups is 3. The summed E-state index contributed by atoms with van der Waals surface area (Å²) in [6, 6.07) is 16.1. The predicted molar refractivity (Wildman–Crippen MR) is 99.0 cm³/mol. The Bertz CT molecular complexity index is 1040. The van der Waals surface area contributed by atoms with Crippen LogP contribution in [0.15, 0.2) is 60.7 Å². The van der Waals surface area contributed by atoms with Crippen LogP contribution in [0.5, 0.6) is 0 Å². The van der Waals surface area contributed by atoms with Crippen molar-refractivity contribution in [1.29, 1.82) is 0 Å². The molecule has 0 atom stereocenters. The van der Waals surface area contributed by atoms with Crippen molar-refractivity contribution >= 4 is 34.2 Å². The zero-order valence-corrected chi connectivity index (χ0v) is 14.2. The van der Waals surface area contributed by atoms with E-state index in [2.05, 4.69) is 5.32 Å². The van der Waals surface area contributed by atoms with Gasteiger partial charge < -0.3 is 5.32 Å². The third kappa shape index (κ3) is 3.06. The second-order valence-electron chi connectivity index (χ2n) is 6.28. The van der Waals surface area contributed by atoms with Crippen LogP contribution in [0.4, 0.5) is 10.1 Å². The highest BCUT2D eigenvalue weighted by Crippen LogP contribution is 2.29. The number of rotatable bonds is 4. The molecule has 6 heteroatoms. The normalized spacial score (nSPS) is 13.1. The van der Waals surface area contributed by atoms with Gasteiger partial charge >= 0.3 is 0 Å². The van der Waals surface area contributed by atoms with Gasteiger partial charge in [0.25, 0.3) is 11.8 Å². The molecule has 0 spiro atoms. The first-order valence-electron chi connectivity index (χ1n) is 8.48. The molecule has 1 aliphatic heterocycles. The summed E-state index contributed by atoms with van der Waals surface area (Å²) < 4.78 is 13.2. The van der Waals surface area contributed by atoms with E-state index in [1.165, 1.54) is 18.2 Å². The van der Waals surface area contributed by atoms with Gasteiger partial charge in [0.05, 0.1) is 0 Å². The SMILES string of the molecule is O=C(CCN1C(=O)c2cccc3cccc(c23)C1=O)Nc1cccc(F)c1. The molecule has 134 valence electrons. The van der Waals surface area contributed by atoms with Crippen molar-refractivity contribution in [2.45, 2.75) is 6.42 Å². The summed E-state index contributed by atoms with van der Waals surface area (Å²) in [4.78, 5) is 38.7. The summed E-state index contributed by atoms with van der Waals surface area (Å²) in [7, 11) is 0. The van der Waals surface area contributed by atoms with Gasteiger partial charge in [0.1, 0.15) is 5.82 Å². The van der Waals surface area contributed by atoms with Crippen molar-refractivity contribution in [2.24, 2.45) is 0 Å². The summed E-state index contributed by atoms with van der Waals surface area (Å²) in [5.74, 6) is -1.69. The van der Waals surface area contributed by atoms with E-state index in [1.807, 2.05) is 12.1 Å². The van der Waals surface area contributed by atoms with Gasteiger partial charge in [-0.05, 0) is 35.7 Å². The summed E-state index contributed by atoms with van der Waals surface area (Å²) in [6.45, 7) is -0.0520. The summed E-state index contributed by atoms with van der Waals surface area (Å²) in [5.41, 5.74) is 1.23. The lowest BCUT2D eigenvalue weighted by Gasteiger charge is -2.27. The monoisotopic (exact) mass is 362 g/mol. The predicted octanol–water partition coefficient (Wildman–Crippen LogP) is 3.60. The molecule has 1 aliphatic rings. The summed E-state index contributed by atoms with van der Waals surface area (Å²) >= 11 is 0. The third-order valence-corrected chi connectivity index (χ3v) is 4.53. The van der Waals surface area contributed by atoms with Crippen molar-refractivity contribution in [2.75, 3.05) is 11.9 Å². The van der Waals surface area contributed by atoms with Crippen LogP contribution in [0.1, 0.15) is 27.1 Å². The van der Waals surface area contributed by atoms with Crippen molar-refractivity contribution in [1.82, 2.24) is 4.90 Å². The minimum Gasteiger partial charge on any atom is -0.326 e. The molecule has 0 saturated carbocycles. The highest BCUT2D eigenvalue weighted by molar-refractivity contribution is 6.25. The minimum absolute atomic E-state index is 0.0520. The van der Waals surface area contributed by atoms with E-state index in [4.69, 9.17) is 0 Å². The van der Waals surface area contributed by atoms with Gasteiger partial charge in [-0.1, -0.05) is 30.3 Å². The molecule has 1 N–H and O–H groups in total. The fourth-order valence-corrected chi connectivity index (χ4v) is 3.29. The van der Waals surface area contributed by atoms with Gasteiger partial charge in [-0.25, -0.2) is 4.39 Å². The van der Waals surface area contributed by atoms with Gasteiger partial charge in [0.15, 0.2) is 0 Å². The van der Waals surface area contributed by atoms with E-state index in [-0.39, 0.29) is 13.0 Å². The molecule has 0 saturated heterocycles. The minimum atomic E-state index is -0.459. The number of benzene rings is 3. The molecule has 4 rings (SSSR count). The second-order valence-corrected chi connectivity index (χ2v) is 6.28. The van der Waals surface area contributed by atoms with Crippen LogP contribution < -0.4 is 5.32 Å². The molecule has 0 unspecified atom stereocenters. The van der Waals surface area contributed by atoms with Crippen molar-refractivity contribution < 1.29 is 18.8 Å². The fraction of sp³-hybridized carbons (Fsp3) is 0.0952. The Hall–Kier alpha value is -3.54. The Labute approximate surface area is 154 Å². The van der Waals surface area contributed by atoms with Gasteiger partial charge in [-0.15, -0.1) is 0 Å². The van der Waals surface area contributed by atoms with Crippen molar-refractivity contribution in [3.63, 3.8) is 0 Å². The average molecular weight is 362 g/mol. The molecule has 5 nitrogen and oxygen atoms in total.